The van der Waals surface area contributed by atoms with E-state index in [0.717, 1.165) is 32.8 Å². The summed E-state index contributed by atoms with van der Waals surface area (Å²) in [7, 11) is 0. The molecule has 6 rings (SSSR count). The molecule has 0 bridgehead atoms. The van der Waals surface area contributed by atoms with E-state index in [4.69, 9.17) is 5.73 Å². The van der Waals surface area contributed by atoms with Crippen molar-refractivity contribution in [2.45, 2.75) is 0 Å². The Balaban J connectivity index is 1.21. The van der Waals surface area contributed by atoms with Crippen LogP contribution in [0.5, 0.6) is 0 Å². The van der Waals surface area contributed by atoms with Gasteiger partial charge in [0.15, 0.2) is 0 Å². The monoisotopic (exact) mass is 513 g/mol. The van der Waals surface area contributed by atoms with Crippen LogP contribution in [0.2, 0.25) is 0 Å². The number of nitrogens with two attached hydrogens (primary N) is 1. The zero-order chi connectivity index (χ0) is 25.9. The molecule has 0 saturated carbocycles. The second-order valence-electron chi connectivity index (χ2n) is 8.74. The minimum Gasteiger partial charge on any atom is -0.397 e. The second-order valence-corrected chi connectivity index (χ2v) is 9.69. The summed E-state index contributed by atoms with van der Waals surface area (Å²) in [5, 5.41) is 13.7. The van der Waals surface area contributed by atoms with Gasteiger partial charge in [-0.05, 0) is 52.9 Å². The normalized spacial score (nSPS) is 10.8. The molecule has 2 heterocycles. The third-order valence-corrected chi connectivity index (χ3v) is 7.20. The van der Waals surface area contributed by atoms with Crippen LogP contribution in [0.25, 0.3) is 38.5 Å². The summed E-state index contributed by atoms with van der Waals surface area (Å²) in [6, 6.07) is 35.3. The highest BCUT2D eigenvalue weighted by Gasteiger charge is 2.13. The van der Waals surface area contributed by atoms with Crippen LogP contribution in [0.4, 0.5) is 11.4 Å². The smallest absolute Gasteiger partial charge is 0.255 e. The number of thiophene rings is 1. The quantitative estimate of drug-likeness (QED) is 0.231. The minimum atomic E-state index is -0.230. The van der Waals surface area contributed by atoms with Crippen molar-refractivity contribution in [3.05, 3.63) is 126 Å². The Kier molecular flexibility index (Phi) is 6.25. The number of hydrogen-bond donors (Lipinski definition) is 2. The van der Waals surface area contributed by atoms with Crippen molar-refractivity contribution < 1.29 is 4.79 Å². The highest BCUT2D eigenvalue weighted by molar-refractivity contribution is 7.13. The summed E-state index contributed by atoms with van der Waals surface area (Å²) in [5.41, 5.74) is 13.5. The predicted molar refractivity (Wildman–Crippen MR) is 154 cm³/mol. The molecule has 0 spiro atoms. The molecule has 4 aromatic carbocycles. The Morgan fingerprint density at radius 3 is 2.34 bits per heavy atom. The Morgan fingerprint density at radius 2 is 1.55 bits per heavy atom. The Hall–Kier alpha value is -5.01. The Labute approximate surface area is 224 Å². The van der Waals surface area contributed by atoms with E-state index in [0.29, 0.717) is 22.6 Å². The number of para-hydroxylation sites is 1. The number of nitrogens with one attached hydrogen (secondary N) is 1. The largest absolute Gasteiger partial charge is 0.397 e. The lowest BCUT2D eigenvalue weighted by atomic mass is 10.0. The molecule has 6 nitrogen and oxygen atoms in total. The first-order valence-corrected chi connectivity index (χ1v) is 13.0. The Morgan fingerprint density at radius 1 is 0.789 bits per heavy atom. The molecule has 38 heavy (non-hydrogen) atoms. The first-order chi connectivity index (χ1) is 18.7. The third kappa shape index (κ3) is 4.70. The summed E-state index contributed by atoms with van der Waals surface area (Å²) in [6.07, 6.45) is 1.90. The number of amides is 1. The maximum Gasteiger partial charge on any atom is 0.255 e. The van der Waals surface area contributed by atoms with Crippen LogP contribution in [0.15, 0.2) is 121 Å². The maximum absolute atomic E-state index is 13.0. The van der Waals surface area contributed by atoms with Crippen molar-refractivity contribution in [3.63, 3.8) is 0 Å². The summed E-state index contributed by atoms with van der Waals surface area (Å²) >= 11 is 1.64. The summed E-state index contributed by atoms with van der Waals surface area (Å²) in [5.74, 6) is -0.230. The van der Waals surface area contributed by atoms with E-state index in [1.165, 1.54) is 0 Å². The molecular formula is C31H23N5OS. The van der Waals surface area contributed by atoms with Crippen molar-refractivity contribution in [2.24, 2.45) is 0 Å². The molecule has 2 aromatic heterocycles. The van der Waals surface area contributed by atoms with Gasteiger partial charge in [-0.2, -0.15) is 0 Å². The number of rotatable bonds is 6. The number of benzene rings is 4. The molecule has 184 valence electrons. The molecular weight excluding hydrogens is 490 g/mol. The van der Waals surface area contributed by atoms with Crippen molar-refractivity contribution >= 4 is 28.6 Å². The minimum absolute atomic E-state index is 0.230. The highest BCUT2D eigenvalue weighted by atomic mass is 32.1. The number of nitrogen functional groups attached to an aromatic ring is 1. The predicted octanol–water partition coefficient (Wildman–Crippen LogP) is 7.16. The van der Waals surface area contributed by atoms with E-state index < -0.39 is 0 Å². The molecule has 1 amide bonds. The lowest BCUT2D eigenvalue weighted by molar-refractivity contribution is 0.102. The van der Waals surface area contributed by atoms with Crippen molar-refractivity contribution in [1.29, 1.82) is 0 Å². The number of aromatic nitrogens is 3. The number of hydrogen-bond acceptors (Lipinski definition) is 5. The van der Waals surface area contributed by atoms with E-state index in [1.807, 2.05) is 90.4 Å². The molecule has 0 atom stereocenters. The fraction of sp³-hybridized carbons (Fsp3) is 0. The first kappa shape index (κ1) is 23.4. The number of anilines is 2. The van der Waals surface area contributed by atoms with Gasteiger partial charge in [0, 0.05) is 21.6 Å². The van der Waals surface area contributed by atoms with E-state index in [1.54, 1.807) is 28.2 Å². The number of carbonyl (C=O) groups excluding carboxylic acids is 1. The van der Waals surface area contributed by atoms with Gasteiger partial charge in [-0.25, -0.2) is 4.68 Å². The molecule has 0 fully saturated rings. The molecule has 0 radical (unpaired) electrons. The standard InChI is InChI=1S/C31H23N5OS/c32-26-17-16-24(30-11-6-18-38-30)19-27(26)33-31(37)23-14-12-22(13-15-23)28-20-36(35-34-28)29-10-5-4-9-25(29)21-7-2-1-3-8-21/h1-20H,32H2,(H,33,37). The van der Waals surface area contributed by atoms with Gasteiger partial charge >= 0.3 is 0 Å². The lowest BCUT2D eigenvalue weighted by Crippen LogP contribution is -2.13. The van der Waals surface area contributed by atoms with Gasteiger partial charge < -0.3 is 11.1 Å². The van der Waals surface area contributed by atoms with Gasteiger partial charge in [0.2, 0.25) is 0 Å². The molecule has 0 aliphatic rings. The lowest BCUT2D eigenvalue weighted by Gasteiger charge is -2.10. The maximum atomic E-state index is 13.0. The van der Waals surface area contributed by atoms with Crippen LogP contribution in [0.3, 0.4) is 0 Å². The molecule has 6 aromatic rings. The van der Waals surface area contributed by atoms with Gasteiger partial charge in [-0.15, -0.1) is 16.4 Å². The van der Waals surface area contributed by atoms with Gasteiger partial charge in [-0.1, -0.05) is 78.0 Å². The summed E-state index contributed by atoms with van der Waals surface area (Å²) in [4.78, 5) is 14.1. The Bertz CT molecular complexity index is 1710. The summed E-state index contributed by atoms with van der Waals surface area (Å²) in [6.45, 7) is 0. The van der Waals surface area contributed by atoms with Crippen molar-refractivity contribution in [2.75, 3.05) is 11.1 Å². The van der Waals surface area contributed by atoms with Crippen molar-refractivity contribution in [3.8, 4) is 38.5 Å². The topological polar surface area (TPSA) is 85.8 Å². The SMILES string of the molecule is Nc1ccc(-c2cccs2)cc1NC(=O)c1ccc(-c2cn(-c3ccccc3-c3ccccc3)nn2)cc1. The summed E-state index contributed by atoms with van der Waals surface area (Å²) < 4.78 is 1.78. The van der Waals surface area contributed by atoms with E-state index in [9.17, 15) is 4.79 Å². The van der Waals surface area contributed by atoms with Crippen LogP contribution >= 0.6 is 11.3 Å². The molecule has 0 aliphatic carbocycles. The third-order valence-electron chi connectivity index (χ3n) is 6.28. The first-order valence-electron chi connectivity index (χ1n) is 12.1. The average molecular weight is 514 g/mol. The van der Waals surface area contributed by atoms with Crippen LogP contribution in [0, 0.1) is 0 Å². The zero-order valence-electron chi connectivity index (χ0n) is 20.3. The van der Waals surface area contributed by atoms with Crippen LogP contribution in [-0.2, 0) is 0 Å². The molecule has 7 heteroatoms. The van der Waals surface area contributed by atoms with Gasteiger partial charge in [0.25, 0.3) is 5.91 Å². The average Bonchev–Trinajstić information content (AvgIpc) is 3.68. The van der Waals surface area contributed by atoms with E-state index >= 15 is 0 Å². The fourth-order valence-corrected chi connectivity index (χ4v) is 5.02. The zero-order valence-corrected chi connectivity index (χ0v) is 21.1. The molecule has 3 N–H and O–H groups in total. The number of carbonyl (C=O) groups is 1. The van der Waals surface area contributed by atoms with Gasteiger partial charge in [-0.3, -0.25) is 4.79 Å². The van der Waals surface area contributed by atoms with Crippen LogP contribution in [-0.4, -0.2) is 20.9 Å². The van der Waals surface area contributed by atoms with Gasteiger partial charge in [0.1, 0.15) is 5.69 Å². The molecule has 0 saturated heterocycles. The second kappa shape index (κ2) is 10.2. The number of nitrogens with zero attached hydrogens (tertiary/aromatic N) is 3. The molecule has 0 aliphatic heterocycles. The van der Waals surface area contributed by atoms with E-state index in [-0.39, 0.29) is 5.91 Å². The van der Waals surface area contributed by atoms with Crippen molar-refractivity contribution in [1.82, 2.24) is 15.0 Å². The van der Waals surface area contributed by atoms with Crippen LogP contribution < -0.4 is 11.1 Å². The molecule has 0 unspecified atom stereocenters. The fourth-order valence-electron chi connectivity index (χ4n) is 4.30. The highest BCUT2D eigenvalue weighted by Crippen LogP contribution is 2.31. The van der Waals surface area contributed by atoms with Gasteiger partial charge in [0.05, 0.1) is 23.3 Å². The van der Waals surface area contributed by atoms with Crippen LogP contribution in [0.1, 0.15) is 10.4 Å². The van der Waals surface area contributed by atoms with E-state index in [2.05, 4.69) is 33.8 Å².